The van der Waals surface area contributed by atoms with Crippen LogP contribution in [-0.2, 0) is 11.3 Å². The van der Waals surface area contributed by atoms with Crippen molar-refractivity contribution in [1.82, 2.24) is 10.5 Å². The first-order chi connectivity index (χ1) is 10.3. The molecular formula is C16H20N2O3. The lowest BCUT2D eigenvalue weighted by molar-refractivity contribution is 0.0697. The molecule has 3 rings (SSSR count). The minimum Gasteiger partial charge on any atom is -0.497 e. The van der Waals surface area contributed by atoms with E-state index in [2.05, 4.69) is 10.5 Å². The van der Waals surface area contributed by atoms with Crippen LogP contribution in [0.25, 0.3) is 11.3 Å². The second-order valence-corrected chi connectivity index (χ2v) is 5.21. The largest absolute Gasteiger partial charge is 0.497 e. The average molecular weight is 288 g/mol. The normalized spacial score (nSPS) is 18.6. The number of ether oxygens (including phenoxy) is 2. The van der Waals surface area contributed by atoms with Crippen LogP contribution in [0.3, 0.4) is 0 Å². The van der Waals surface area contributed by atoms with Gasteiger partial charge in [0.05, 0.1) is 19.4 Å². The number of hydrogen-bond acceptors (Lipinski definition) is 5. The Morgan fingerprint density at radius 2 is 2.33 bits per heavy atom. The molecule has 0 amide bonds. The van der Waals surface area contributed by atoms with Crippen molar-refractivity contribution in [2.75, 3.05) is 20.3 Å². The standard InChI is InChI=1S/C16H20N2O3/c1-19-15-6-2-4-12(8-15)16-9-14(18-21-16)10-17-13-5-3-7-20-11-13/h2,4,6,8-9,13,17H,3,5,7,10-11H2,1H3/t13-/m1/s1. The molecule has 112 valence electrons. The molecule has 1 aliphatic heterocycles. The number of nitrogens with one attached hydrogen (secondary N) is 1. The zero-order chi connectivity index (χ0) is 14.5. The highest BCUT2D eigenvalue weighted by Crippen LogP contribution is 2.24. The zero-order valence-electron chi connectivity index (χ0n) is 12.2. The van der Waals surface area contributed by atoms with Crippen molar-refractivity contribution < 1.29 is 14.0 Å². The van der Waals surface area contributed by atoms with Crippen molar-refractivity contribution in [3.8, 4) is 17.1 Å². The third kappa shape index (κ3) is 3.62. The molecule has 1 aliphatic rings. The van der Waals surface area contributed by atoms with Gasteiger partial charge in [-0.3, -0.25) is 0 Å². The summed E-state index contributed by atoms with van der Waals surface area (Å²) >= 11 is 0. The topological polar surface area (TPSA) is 56.5 Å². The summed E-state index contributed by atoms with van der Waals surface area (Å²) in [4.78, 5) is 0. The number of benzene rings is 1. The van der Waals surface area contributed by atoms with Crippen LogP contribution in [-0.4, -0.2) is 31.5 Å². The van der Waals surface area contributed by atoms with Crippen LogP contribution in [0, 0.1) is 0 Å². The summed E-state index contributed by atoms with van der Waals surface area (Å²) in [6, 6.07) is 10.1. The van der Waals surface area contributed by atoms with Crippen LogP contribution in [0.1, 0.15) is 18.5 Å². The van der Waals surface area contributed by atoms with E-state index in [0.29, 0.717) is 12.6 Å². The van der Waals surface area contributed by atoms with Crippen molar-refractivity contribution in [3.63, 3.8) is 0 Å². The Balaban J connectivity index is 1.62. The van der Waals surface area contributed by atoms with Gasteiger partial charge in [0.15, 0.2) is 5.76 Å². The third-order valence-corrected chi connectivity index (χ3v) is 3.65. The fraction of sp³-hybridized carbons (Fsp3) is 0.438. The Kier molecular flexibility index (Phi) is 4.52. The fourth-order valence-corrected chi connectivity index (χ4v) is 2.46. The molecule has 1 aromatic carbocycles. The summed E-state index contributed by atoms with van der Waals surface area (Å²) in [7, 11) is 1.65. The lowest BCUT2D eigenvalue weighted by Gasteiger charge is -2.22. The average Bonchev–Trinajstić information content (AvgIpc) is 3.03. The highest BCUT2D eigenvalue weighted by Gasteiger charge is 2.14. The van der Waals surface area contributed by atoms with Gasteiger partial charge >= 0.3 is 0 Å². The molecule has 21 heavy (non-hydrogen) atoms. The Morgan fingerprint density at radius 1 is 1.38 bits per heavy atom. The maximum atomic E-state index is 5.45. The van der Waals surface area contributed by atoms with E-state index < -0.39 is 0 Å². The predicted octanol–water partition coefficient (Wildman–Crippen LogP) is 2.62. The summed E-state index contributed by atoms with van der Waals surface area (Å²) in [6.07, 6.45) is 2.27. The molecule has 2 aromatic rings. The fourth-order valence-electron chi connectivity index (χ4n) is 2.46. The minimum absolute atomic E-state index is 0.413. The van der Waals surface area contributed by atoms with Crippen molar-refractivity contribution in [2.24, 2.45) is 0 Å². The third-order valence-electron chi connectivity index (χ3n) is 3.65. The van der Waals surface area contributed by atoms with Crippen LogP contribution in [0.4, 0.5) is 0 Å². The predicted molar refractivity (Wildman–Crippen MR) is 79.2 cm³/mol. The summed E-state index contributed by atoms with van der Waals surface area (Å²) in [5.41, 5.74) is 1.87. The molecule has 1 N–H and O–H groups in total. The van der Waals surface area contributed by atoms with Crippen molar-refractivity contribution in [2.45, 2.75) is 25.4 Å². The maximum absolute atomic E-state index is 5.45. The summed E-state index contributed by atoms with van der Waals surface area (Å²) in [5, 5.41) is 7.57. The van der Waals surface area contributed by atoms with Crippen molar-refractivity contribution in [1.29, 1.82) is 0 Å². The molecule has 0 unspecified atom stereocenters. The monoisotopic (exact) mass is 288 g/mol. The van der Waals surface area contributed by atoms with Crippen LogP contribution in [0.15, 0.2) is 34.9 Å². The summed E-state index contributed by atoms with van der Waals surface area (Å²) in [5.74, 6) is 1.56. The Morgan fingerprint density at radius 3 is 3.14 bits per heavy atom. The van der Waals surface area contributed by atoms with Crippen LogP contribution in [0.2, 0.25) is 0 Å². The first-order valence-corrected chi connectivity index (χ1v) is 7.26. The number of rotatable bonds is 5. The van der Waals surface area contributed by atoms with E-state index >= 15 is 0 Å². The highest BCUT2D eigenvalue weighted by molar-refractivity contribution is 5.59. The molecular weight excluding hydrogens is 268 g/mol. The zero-order valence-corrected chi connectivity index (χ0v) is 12.2. The molecule has 1 aromatic heterocycles. The minimum atomic E-state index is 0.413. The molecule has 1 atom stereocenters. The molecule has 5 heteroatoms. The number of hydrogen-bond donors (Lipinski definition) is 1. The molecule has 0 spiro atoms. The van der Waals surface area contributed by atoms with Gasteiger partial charge in [-0.2, -0.15) is 0 Å². The first-order valence-electron chi connectivity index (χ1n) is 7.26. The van der Waals surface area contributed by atoms with Gasteiger partial charge in [-0.05, 0) is 25.0 Å². The van der Waals surface area contributed by atoms with Gasteiger partial charge in [0.25, 0.3) is 0 Å². The Hall–Kier alpha value is -1.85. The molecule has 2 heterocycles. The van der Waals surface area contributed by atoms with Gasteiger partial charge < -0.3 is 19.3 Å². The molecule has 1 saturated heterocycles. The van der Waals surface area contributed by atoms with Gasteiger partial charge in [-0.1, -0.05) is 17.3 Å². The van der Waals surface area contributed by atoms with Gasteiger partial charge in [-0.25, -0.2) is 0 Å². The SMILES string of the molecule is COc1cccc(-c2cc(CN[C@@H]3CCCOC3)no2)c1. The van der Waals surface area contributed by atoms with E-state index in [9.17, 15) is 0 Å². The Bertz CT molecular complexity index is 576. The van der Waals surface area contributed by atoms with Gasteiger partial charge in [0.1, 0.15) is 5.75 Å². The molecule has 0 radical (unpaired) electrons. The smallest absolute Gasteiger partial charge is 0.167 e. The molecule has 1 fully saturated rings. The first kappa shape index (κ1) is 14.1. The van der Waals surface area contributed by atoms with E-state index in [-0.39, 0.29) is 0 Å². The molecule has 0 bridgehead atoms. The summed E-state index contributed by atoms with van der Waals surface area (Å²) < 4.78 is 16.1. The van der Waals surface area contributed by atoms with Crippen molar-refractivity contribution >= 4 is 0 Å². The number of methoxy groups -OCH3 is 1. The quantitative estimate of drug-likeness (QED) is 0.916. The van der Waals surface area contributed by atoms with E-state index in [1.54, 1.807) is 7.11 Å². The van der Waals surface area contributed by atoms with Gasteiger partial charge in [-0.15, -0.1) is 0 Å². The van der Waals surface area contributed by atoms with E-state index in [4.69, 9.17) is 14.0 Å². The van der Waals surface area contributed by atoms with Gasteiger partial charge in [0.2, 0.25) is 0 Å². The van der Waals surface area contributed by atoms with Crippen LogP contribution < -0.4 is 10.1 Å². The maximum Gasteiger partial charge on any atom is 0.167 e. The second kappa shape index (κ2) is 6.74. The lowest BCUT2D eigenvalue weighted by Crippen LogP contribution is -2.36. The number of nitrogens with zero attached hydrogens (tertiary/aromatic N) is 1. The van der Waals surface area contributed by atoms with E-state index in [1.165, 1.54) is 0 Å². The molecule has 0 saturated carbocycles. The summed E-state index contributed by atoms with van der Waals surface area (Å²) in [6.45, 7) is 2.35. The highest BCUT2D eigenvalue weighted by atomic mass is 16.5. The molecule has 5 nitrogen and oxygen atoms in total. The van der Waals surface area contributed by atoms with Gasteiger partial charge in [0, 0.05) is 30.8 Å². The second-order valence-electron chi connectivity index (χ2n) is 5.21. The molecule has 0 aliphatic carbocycles. The van der Waals surface area contributed by atoms with E-state index in [0.717, 1.165) is 48.8 Å². The number of aromatic nitrogens is 1. The van der Waals surface area contributed by atoms with E-state index in [1.807, 2.05) is 30.3 Å². The van der Waals surface area contributed by atoms with Crippen LogP contribution in [0.5, 0.6) is 5.75 Å². The Labute approximate surface area is 124 Å². The van der Waals surface area contributed by atoms with Crippen LogP contribution >= 0.6 is 0 Å². The van der Waals surface area contributed by atoms with Crippen molar-refractivity contribution in [3.05, 3.63) is 36.0 Å². The lowest BCUT2D eigenvalue weighted by atomic mass is 10.1.